The number of aryl methyl sites for hydroxylation is 1. The van der Waals surface area contributed by atoms with E-state index in [9.17, 15) is 9.90 Å². The first-order valence-corrected chi connectivity index (χ1v) is 5.42. The van der Waals surface area contributed by atoms with Gasteiger partial charge >= 0.3 is 0 Å². The molecule has 2 N–H and O–H groups in total. The van der Waals surface area contributed by atoms with Crippen LogP contribution < -0.4 is 5.43 Å². The van der Waals surface area contributed by atoms with Crippen LogP contribution in [0.5, 0.6) is 5.75 Å². The zero-order valence-corrected chi connectivity index (χ0v) is 9.71. The largest absolute Gasteiger partial charge is 0.503 e. The van der Waals surface area contributed by atoms with E-state index in [1.807, 2.05) is 13.8 Å². The number of nitrogens with zero attached hydrogens (tertiary/aromatic N) is 3. The van der Waals surface area contributed by atoms with Crippen LogP contribution in [-0.2, 0) is 6.42 Å². The maximum absolute atomic E-state index is 12.0. The Morgan fingerprint density at radius 1 is 1.59 bits per heavy atom. The third kappa shape index (κ3) is 1.93. The Morgan fingerprint density at radius 2 is 2.35 bits per heavy atom. The number of pyridine rings is 1. The minimum atomic E-state index is -0.358. The summed E-state index contributed by atoms with van der Waals surface area (Å²) in [6.07, 6.45) is 5.14. The molecule has 1 unspecified atom stereocenters. The van der Waals surface area contributed by atoms with Crippen molar-refractivity contribution in [2.24, 2.45) is 0 Å². The quantitative estimate of drug-likeness (QED) is 0.824. The van der Waals surface area contributed by atoms with Gasteiger partial charge in [-0.1, -0.05) is 6.92 Å². The molecular weight excluding hydrogens is 220 g/mol. The van der Waals surface area contributed by atoms with Crippen molar-refractivity contribution in [1.82, 2.24) is 19.7 Å². The minimum Gasteiger partial charge on any atom is -0.503 e. The predicted molar refractivity (Wildman–Crippen MR) is 61.9 cm³/mol. The Kier molecular flexibility index (Phi) is 2.95. The molecule has 0 aliphatic heterocycles. The molecule has 0 bridgehead atoms. The van der Waals surface area contributed by atoms with Gasteiger partial charge in [-0.15, -0.1) is 0 Å². The smallest absolute Gasteiger partial charge is 0.228 e. The van der Waals surface area contributed by atoms with Crippen LogP contribution in [0, 0.1) is 0 Å². The van der Waals surface area contributed by atoms with Gasteiger partial charge < -0.3 is 10.1 Å². The molecule has 17 heavy (non-hydrogen) atoms. The van der Waals surface area contributed by atoms with Gasteiger partial charge in [-0.2, -0.15) is 5.10 Å². The summed E-state index contributed by atoms with van der Waals surface area (Å²) in [5.74, 6) is -0.211. The standard InChI is InChI=1S/C11H14N4O2/c1-3-9-11(17)10(16)8(4-13-9)7(2)15-6-12-5-14-15/h4-7,17H,3H2,1-2H3,(H,13,16). The van der Waals surface area contributed by atoms with Crippen molar-refractivity contribution in [2.75, 3.05) is 0 Å². The SMILES string of the molecule is CCc1[nH]cc(C(C)n2cncn2)c(=O)c1O. The number of aromatic hydroxyl groups is 1. The van der Waals surface area contributed by atoms with Gasteiger partial charge in [0.2, 0.25) is 5.43 Å². The molecule has 1 atom stereocenters. The van der Waals surface area contributed by atoms with Crippen LogP contribution in [0.3, 0.4) is 0 Å². The van der Waals surface area contributed by atoms with Gasteiger partial charge in [-0.3, -0.25) is 4.79 Å². The molecule has 2 rings (SSSR count). The topological polar surface area (TPSA) is 83.8 Å². The molecule has 0 saturated carbocycles. The van der Waals surface area contributed by atoms with Crippen LogP contribution in [0.1, 0.15) is 31.1 Å². The number of nitrogens with one attached hydrogen (secondary N) is 1. The first kappa shape index (κ1) is 11.4. The van der Waals surface area contributed by atoms with E-state index in [1.54, 1.807) is 10.9 Å². The molecule has 0 saturated heterocycles. The molecule has 6 heteroatoms. The van der Waals surface area contributed by atoms with Gasteiger partial charge in [0.1, 0.15) is 12.7 Å². The van der Waals surface area contributed by atoms with Crippen molar-refractivity contribution in [3.8, 4) is 5.75 Å². The van der Waals surface area contributed by atoms with Gasteiger partial charge in [0, 0.05) is 11.8 Å². The summed E-state index contributed by atoms with van der Waals surface area (Å²) in [7, 11) is 0. The summed E-state index contributed by atoms with van der Waals surface area (Å²) in [5, 5.41) is 13.7. The van der Waals surface area contributed by atoms with Crippen molar-refractivity contribution in [1.29, 1.82) is 0 Å². The lowest BCUT2D eigenvalue weighted by Gasteiger charge is -2.12. The predicted octanol–water partition coefficient (Wildman–Crippen LogP) is 0.844. The number of H-pyrrole nitrogens is 1. The molecule has 0 aliphatic carbocycles. The zero-order valence-electron chi connectivity index (χ0n) is 9.71. The van der Waals surface area contributed by atoms with E-state index in [0.717, 1.165) is 0 Å². The second-order valence-electron chi connectivity index (χ2n) is 3.81. The average Bonchev–Trinajstić information content (AvgIpc) is 2.85. The second kappa shape index (κ2) is 4.40. The fourth-order valence-corrected chi connectivity index (χ4v) is 1.71. The average molecular weight is 234 g/mol. The molecule has 0 fully saturated rings. The Hall–Kier alpha value is -2.11. The van der Waals surface area contributed by atoms with Gasteiger partial charge in [-0.05, 0) is 13.3 Å². The van der Waals surface area contributed by atoms with E-state index < -0.39 is 0 Å². The molecule has 2 heterocycles. The molecule has 0 aromatic carbocycles. The van der Waals surface area contributed by atoms with E-state index >= 15 is 0 Å². The molecular formula is C11H14N4O2. The number of aromatic amines is 1. The molecule has 0 spiro atoms. The molecule has 90 valence electrons. The third-order valence-electron chi connectivity index (χ3n) is 2.80. The normalized spacial score (nSPS) is 12.6. The highest BCUT2D eigenvalue weighted by Gasteiger charge is 2.16. The van der Waals surface area contributed by atoms with Crippen LogP contribution in [-0.4, -0.2) is 24.9 Å². The molecule has 0 aliphatic rings. The van der Waals surface area contributed by atoms with Crippen LogP contribution in [0.2, 0.25) is 0 Å². The van der Waals surface area contributed by atoms with Crippen molar-refractivity contribution in [3.63, 3.8) is 0 Å². The second-order valence-corrected chi connectivity index (χ2v) is 3.81. The van der Waals surface area contributed by atoms with Gasteiger partial charge in [0.05, 0.1) is 11.7 Å². The van der Waals surface area contributed by atoms with E-state index in [1.165, 1.54) is 12.7 Å². The third-order valence-corrected chi connectivity index (χ3v) is 2.80. The molecule has 0 amide bonds. The minimum absolute atomic E-state index is 0.211. The van der Waals surface area contributed by atoms with Crippen LogP contribution in [0.4, 0.5) is 0 Å². The summed E-state index contributed by atoms with van der Waals surface area (Å²) in [6.45, 7) is 3.69. The van der Waals surface area contributed by atoms with E-state index in [-0.39, 0.29) is 17.2 Å². The number of aromatic nitrogens is 4. The maximum atomic E-state index is 12.0. The highest BCUT2D eigenvalue weighted by Crippen LogP contribution is 2.16. The summed E-state index contributed by atoms with van der Waals surface area (Å²) in [4.78, 5) is 18.7. The van der Waals surface area contributed by atoms with Crippen molar-refractivity contribution in [2.45, 2.75) is 26.3 Å². The molecule has 2 aromatic rings. The van der Waals surface area contributed by atoms with Crippen LogP contribution in [0.15, 0.2) is 23.6 Å². The lowest BCUT2D eigenvalue weighted by Crippen LogP contribution is -2.19. The summed E-state index contributed by atoms with van der Waals surface area (Å²) >= 11 is 0. The van der Waals surface area contributed by atoms with E-state index in [4.69, 9.17) is 0 Å². The Morgan fingerprint density at radius 3 is 2.94 bits per heavy atom. The fraction of sp³-hybridized carbons (Fsp3) is 0.364. The number of hydrogen-bond acceptors (Lipinski definition) is 4. The van der Waals surface area contributed by atoms with E-state index in [2.05, 4.69) is 15.1 Å². The fourth-order valence-electron chi connectivity index (χ4n) is 1.71. The Balaban J connectivity index is 2.47. The van der Waals surface area contributed by atoms with E-state index in [0.29, 0.717) is 17.7 Å². The number of hydrogen-bond donors (Lipinski definition) is 2. The Bertz CT molecular complexity index is 559. The van der Waals surface area contributed by atoms with Crippen molar-refractivity contribution in [3.05, 3.63) is 40.3 Å². The Labute approximate surface area is 98.0 Å². The van der Waals surface area contributed by atoms with Crippen LogP contribution >= 0.6 is 0 Å². The van der Waals surface area contributed by atoms with Crippen molar-refractivity contribution < 1.29 is 5.11 Å². The first-order valence-electron chi connectivity index (χ1n) is 5.42. The van der Waals surface area contributed by atoms with Crippen LogP contribution in [0.25, 0.3) is 0 Å². The lowest BCUT2D eigenvalue weighted by molar-refractivity contribution is 0.454. The molecule has 2 aromatic heterocycles. The summed E-state index contributed by atoms with van der Waals surface area (Å²) in [6, 6.07) is -0.266. The maximum Gasteiger partial charge on any atom is 0.228 e. The molecule has 6 nitrogen and oxygen atoms in total. The highest BCUT2D eigenvalue weighted by molar-refractivity contribution is 5.31. The molecule has 0 radical (unpaired) electrons. The van der Waals surface area contributed by atoms with Gasteiger partial charge in [0.25, 0.3) is 0 Å². The van der Waals surface area contributed by atoms with Gasteiger partial charge in [0.15, 0.2) is 5.75 Å². The monoisotopic (exact) mass is 234 g/mol. The first-order chi connectivity index (χ1) is 8.15. The van der Waals surface area contributed by atoms with Crippen molar-refractivity contribution >= 4 is 0 Å². The van der Waals surface area contributed by atoms with Gasteiger partial charge in [-0.25, -0.2) is 9.67 Å². The zero-order chi connectivity index (χ0) is 12.4. The summed E-state index contributed by atoms with van der Waals surface area (Å²) in [5.41, 5.74) is 0.651. The highest BCUT2D eigenvalue weighted by atomic mass is 16.3. The number of rotatable bonds is 3. The lowest BCUT2D eigenvalue weighted by atomic mass is 10.1. The summed E-state index contributed by atoms with van der Waals surface area (Å²) < 4.78 is 1.57.